The minimum atomic E-state index is -0.0116. The van der Waals surface area contributed by atoms with Crippen LogP contribution in [0.25, 0.3) is 11.1 Å². The summed E-state index contributed by atoms with van der Waals surface area (Å²) in [7, 11) is 0. The van der Waals surface area contributed by atoms with Gasteiger partial charge >= 0.3 is 0 Å². The van der Waals surface area contributed by atoms with Crippen LogP contribution in [0, 0.1) is 5.82 Å². The highest BCUT2D eigenvalue weighted by atomic mass is 35.5. The SMILES string of the molecule is Cl.Fc1c2cccc1-2.NN. The summed E-state index contributed by atoms with van der Waals surface area (Å²) in [5, 5.41) is 0. The average Bonchev–Trinajstić information content (AvgIpc) is 2.36. The molecule has 2 aliphatic rings. The van der Waals surface area contributed by atoms with Gasteiger partial charge in [0.1, 0.15) is 5.82 Å². The van der Waals surface area contributed by atoms with Gasteiger partial charge < -0.3 is 0 Å². The van der Waals surface area contributed by atoms with E-state index in [9.17, 15) is 4.39 Å². The van der Waals surface area contributed by atoms with Crippen LogP contribution in [0.3, 0.4) is 0 Å². The van der Waals surface area contributed by atoms with E-state index in [1.165, 1.54) is 0 Å². The Bertz CT molecular complexity index is 207. The molecule has 0 saturated heterocycles. The molecule has 0 spiro atoms. The number of hydrazine groups is 1. The molecule has 56 valence electrons. The van der Waals surface area contributed by atoms with Gasteiger partial charge in [0.25, 0.3) is 0 Å². The highest BCUT2D eigenvalue weighted by Crippen LogP contribution is 2.39. The maximum absolute atomic E-state index is 12.0. The molecule has 0 heterocycles. The molecule has 4 N–H and O–H groups in total. The molecule has 0 aliphatic heterocycles. The van der Waals surface area contributed by atoms with E-state index in [1.54, 1.807) is 12.1 Å². The zero-order chi connectivity index (χ0) is 6.85. The van der Waals surface area contributed by atoms with Gasteiger partial charge in [0.2, 0.25) is 0 Å². The van der Waals surface area contributed by atoms with Crippen LogP contribution in [0.15, 0.2) is 18.2 Å². The van der Waals surface area contributed by atoms with Crippen LogP contribution in [0.1, 0.15) is 0 Å². The molecule has 4 heteroatoms. The van der Waals surface area contributed by atoms with Crippen molar-refractivity contribution in [1.82, 2.24) is 0 Å². The summed E-state index contributed by atoms with van der Waals surface area (Å²) < 4.78 is 12.0. The smallest absolute Gasteiger partial charge is 0.139 e. The summed E-state index contributed by atoms with van der Waals surface area (Å²) in [6.07, 6.45) is 0. The lowest BCUT2D eigenvalue weighted by Crippen LogP contribution is -2.02. The molecule has 0 aromatic rings. The highest BCUT2D eigenvalue weighted by molar-refractivity contribution is 5.85. The van der Waals surface area contributed by atoms with Crippen LogP contribution in [0.4, 0.5) is 4.39 Å². The molecule has 10 heavy (non-hydrogen) atoms. The molecule has 0 radical (unpaired) electrons. The van der Waals surface area contributed by atoms with E-state index in [0.29, 0.717) is 0 Å². The molecule has 0 aromatic heterocycles. The molecule has 0 saturated carbocycles. The second-order valence-electron chi connectivity index (χ2n) is 1.67. The fraction of sp³-hybridized carbons (Fsp3) is 0. The van der Waals surface area contributed by atoms with Gasteiger partial charge in [0, 0.05) is 11.1 Å². The van der Waals surface area contributed by atoms with Gasteiger partial charge in [-0.1, -0.05) is 18.2 Å². The standard InChI is InChI=1S/C6H3F.ClH.H4N2/c7-6-4-2-1-3-5(4)6;;1-2/h1-3H;1H;1-2H2. The largest absolute Gasteiger partial charge is 0.274 e. The molecule has 0 unspecified atom stereocenters. The Morgan fingerprint density at radius 3 is 1.70 bits per heavy atom. The Labute approximate surface area is 64.4 Å². The lowest BCUT2D eigenvalue weighted by atomic mass is 10.6. The fourth-order valence-electron chi connectivity index (χ4n) is 0.758. The third-order valence-electron chi connectivity index (χ3n) is 1.23. The lowest BCUT2D eigenvalue weighted by molar-refractivity contribution is 0.665. The van der Waals surface area contributed by atoms with Crippen LogP contribution in [0.5, 0.6) is 0 Å². The molecular weight excluding hydrogens is 155 g/mol. The van der Waals surface area contributed by atoms with Crippen LogP contribution >= 0.6 is 12.4 Å². The number of rotatable bonds is 0. The van der Waals surface area contributed by atoms with E-state index in [1.807, 2.05) is 6.07 Å². The fourth-order valence-corrected chi connectivity index (χ4v) is 0.758. The van der Waals surface area contributed by atoms with Crippen LogP contribution < -0.4 is 11.7 Å². The third kappa shape index (κ3) is 1.26. The lowest BCUT2D eigenvalue weighted by Gasteiger charge is -1.54. The summed E-state index contributed by atoms with van der Waals surface area (Å²) in [5.41, 5.74) is 1.61. The minimum Gasteiger partial charge on any atom is -0.274 e. The van der Waals surface area contributed by atoms with Crippen molar-refractivity contribution in [2.75, 3.05) is 0 Å². The van der Waals surface area contributed by atoms with Crippen molar-refractivity contribution in [3.8, 4) is 11.1 Å². The monoisotopic (exact) mass is 162 g/mol. The van der Waals surface area contributed by atoms with Crippen molar-refractivity contribution in [3.05, 3.63) is 24.0 Å². The first-order valence-corrected chi connectivity index (χ1v) is 2.52. The van der Waals surface area contributed by atoms with Gasteiger partial charge in [-0.15, -0.1) is 12.4 Å². The van der Waals surface area contributed by atoms with Gasteiger partial charge in [0.15, 0.2) is 0 Å². The van der Waals surface area contributed by atoms with Crippen molar-refractivity contribution in [3.63, 3.8) is 0 Å². The summed E-state index contributed by atoms with van der Waals surface area (Å²) in [4.78, 5) is 0. The molecule has 0 aromatic carbocycles. The molecular formula is C6H8ClFN2. The Morgan fingerprint density at radius 1 is 1.10 bits per heavy atom. The van der Waals surface area contributed by atoms with E-state index in [-0.39, 0.29) is 18.2 Å². The van der Waals surface area contributed by atoms with E-state index in [0.717, 1.165) is 11.1 Å². The molecule has 2 rings (SSSR count). The Kier molecular flexibility index (Phi) is 3.28. The summed E-state index contributed by atoms with van der Waals surface area (Å²) in [6.45, 7) is 0. The molecule has 2 nitrogen and oxygen atoms in total. The van der Waals surface area contributed by atoms with Gasteiger partial charge in [0.05, 0.1) is 0 Å². The Morgan fingerprint density at radius 2 is 1.50 bits per heavy atom. The first-order valence-electron chi connectivity index (χ1n) is 2.52. The van der Waals surface area contributed by atoms with Gasteiger partial charge in [-0.25, -0.2) is 4.39 Å². The van der Waals surface area contributed by atoms with Crippen molar-refractivity contribution in [2.45, 2.75) is 0 Å². The van der Waals surface area contributed by atoms with Crippen molar-refractivity contribution >= 4 is 12.4 Å². The van der Waals surface area contributed by atoms with Gasteiger partial charge in [-0.3, -0.25) is 11.7 Å². The predicted molar refractivity (Wildman–Crippen MR) is 41.0 cm³/mol. The molecule has 0 atom stereocenters. The zero-order valence-electron chi connectivity index (χ0n) is 5.17. The second kappa shape index (κ2) is 3.51. The summed E-state index contributed by atoms with van der Waals surface area (Å²) in [5.74, 6) is 7.99. The Hall–Kier alpha value is -0.640. The normalized spacial score (nSPS) is 8.70. The van der Waals surface area contributed by atoms with Crippen molar-refractivity contribution in [1.29, 1.82) is 0 Å². The van der Waals surface area contributed by atoms with Gasteiger partial charge in [-0.05, 0) is 0 Å². The minimum absolute atomic E-state index is 0. The number of halogens is 2. The quantitative estimate of drug-likeness (QED) is 0.449. The predicted octanol–water partition coefficient (Wildman–Crippen LogP) is 1.05. The summed E-state index contributed by atoms with van der Waals surface area (Å²) >= 11 is 0. The van der Waals surface area contributed by atoms with Crippen LogP contribution in [0.2, 0.25) is 0 Å². The maximum atomic E-state index is 12.0. The van der Waals surface area contributed by atoms with E-state index >= 15 is 0 Å². The van der Waals surface area contributed by atoms with E-state index in [2.05, 4.69) is 11.7 Å². The molecule has 0 bridgehead atoms. The van der Waals surface area contributed by atoms with Crippen molar-refractivity contribution < 1.29 is 4.39 Å². The van der Waals surface area contributed by atoms with Crippen LogP contribution in [-0.4, -0.2) is 0 Å². The molecule has 2 aliphatic carbocycles. The van der Waals surface area contributed by atoms with E-state index in [4.69, 9.17) is 0 Å². The first-order chi connectivity index (χ1) is 4.39. The topological polar surface area (TPSA) is 52.0 Å². The zero-order valence-corrected chi connectivity index (χ0v) is 5.99. The number of hydrogen-bond donors (Lipinski definition) is 2. The third-order valence-corrected chi connectivity index (χ3v) is 1.23. The number of fused-ring (bicyclic) bond motifs is 1. The van der Waals surface area contributed by atoms with Crippen molar-refractivity contribution in [2.24, 2.45) is 11.7 Å². The van der Waals surface area contributed by atoms with Gasteiger partial charge in [-0.2, -0.15) is 0 Å². The molecule has 0 fully saturated rings. The number of benzene rings is 1. The average molecular weight is 163 g/mol. The first kappa shape index (κ1) is 9.36. The second-order valence-corrected chi connectivity index (χ2v) is 1.67. The van der Waals surface area contributed by atoms with E-state index < -0.39 is 0 Å². The highest BCUT2D eigenvalue weighted by Gasteiger charge is 2.22. The Balaban J connectivity index is 0.000000251. The molecule has 0 amide bonds. The maximum Gasteiger partial charge on any atom is 0.139 e. The number of hydrogen-bond acceptors (Lipinski definition) is 2. The van der Waals surface area contributed by atoms with Crippen LogP contribution in [-0.2, 0) is 0 Å². The summed E-state index contributed by atoms with van der Waals surface area (Å²) in [6, 6.07) is 5.42. The number of nitrogens with two attached hydrogens (primary N) is 2.